The molecule has 0 fully saturated rings. The molecular formula is C24H25F3N4O. The second-order valence-electron chi connectivity index (χ2n) is 8.01. The van der Waals surface area contributed by atoms with Crippen molar-refractivity contribution in [2.75, 3.05) is 6.54 Å². The molecule has 0 spiro atoms. The molecule has 4 rings (SSSR count). The maximum atomic E-state index is 12.9. The van der Waals surface area contributed by atoms with E-state index >= 15 is 0 Å². The fourth-order valence-electron chi connectivity index (χ4n) is 4.07. The summed E-state index contributed by atoms with van der Waals surface area (Å²) in [6.45, 7) is 0.492. The minimum atomic E-state index is -4.23. The van der Waals surface area contributed by atoms with Gasteiger partial charge in [0.05, 0.1) is 23.6 Å². The van der Waals surface area contributed by atoms with Gasteiger partial charge < -0.3 is 10.7 Å². The molecule has 4 atom stereocenters. The van der Waals surface area contributed by atoms with Crippen molar-refractivity contribution in [3.05, 3.63) is 90.0 Å². The molecule has 0 radical (unpaired) electrons. The summed E-state index contributed by atoms with van der Waals surface area (Å²) in [4.78, 5) is 17.1. The van der Waals surface area contributed by atoms with Gasteiger partial charge in [0.2, 0.25) is 5.91 Å². The van der Waals surface area contributed by atoms with E-state index in [4.69, 9.17) is 0 Å². The van der Waals surface area contributed by atoms with Crippen molar-refractivity contribution in [2.45, 2.75) is 25.1 Å². The van der Waals surface area contributed by atoms with E-state index in [1.54, 1.807) is 12.3 Å². The van der Waals surface area contributed by atoms with E-state index in [-0.39, 0.29) is 30.2 Å². The van der Waals surface area contributed by atoms with Crippen LogP contribution in [-0.4, -0.2) is 29.7 Å². The van der Waals surface area contributed by atoms with E-state index in [2.05, 4.69) is 21.2 Å². The molecule has 3 aliphatic rings. The Morgan fingerprint density at radius 3 is 2.75 bits per heavy atom. The quantitative estimate of drug-likeness (QED) is 0.631. The Labute approximate surface area is 184 Å². The van der Waals surface area contributed by atoms with Crippen molar-refractivity contribution in [2.24, 2.45) is 17.8 Å². The zero-order chi connectivity index (χ0) is 22.6. The predicted molar refractivity (Wildman–Crippen MR) is 116 cm³/mol. The van der Waals surface area contributed by atoms with Gasteiger partial charge in [-0.1, -0.05) is 48.6 Å². The number of pyridine rings is 1. The smallest absolute Gasteiger partial charge is 0.355 e. The van der Waals surface area contributed by atoms with Crippen LogP contribution in [0.3, 0.4) is 0 Å². The zero-order valence-electron chi connectivity index (χ0n) is 17.3. The number of amides is 1. The summed E-state index contributed by atoms with van der Waals surface area (Å²) < 4.78 is 38.6. The van der Waals surface area contributed by atoms with E-state index in [0.29, 0.717) is 18.5 Å². The number of rotatable bonds is 6. The molecule has 0 bridgehead atoms. The van der Waals surface area contributed by atoms with Crippen LogP contribution in [0.5, 0.6) is 0 Å². The molecule has 4 unspecified atom stereocenters. The van der Waals surface area contributed by atoms with Gasteiger partial charge in [0.15, 0.2) is 0 Å². The number of carbonyl (C=O) groups excluding carboxylic acids is 1. The van der Waals surface area contributed by atoms with E-state index in [0.717, 1.165) is 11.4 Å². The summed E-state index contributed by atoms with van der Waals surface area (Å²) in [5, 5.41) is 2.99. The lowest BCUT2D eigenvalue weighted by Crippen LogP contribution is -2.44. The summed E-state index contributed by atoms with van der Waals surface area (Å²) in [6.07, 6.45) is 11.9. The fraction of sp³-hybridized carbons (Fsp3) is 0.333. The van der Waals surface area contributed by atoms with Gasteiger partial charge in [-0.15, -0.1) is 0 Å². The zero-order valence-corrected chi connectivity index (χ0v) is 17.3. The van der Waals surface area contributed by atoms with Crippen LogP contribution in [0.2, 0.25) is 0 Å². The van der Waals surface area contributed by atoms with Crippen LogP contribution in [0.4, 0.5) is 13.2 Å². The minimum Gasteiger partial charge on any atom is -0.355 e. The predicted octanol–water partition coefficient (Wildman–Crippen LogP) is 3.52. The molecule has 168 valence electrons. The third kappa shape index (κ3) is 5.19. The molecule has 1 aliphatic heterocycles. The Hall–Kier alpha value is -3.13. The highest BCUT2D eigenvalue weighted by Crippen LogP contribution is 2.35. The number of hydrogen-bond acceptors (Lipinski definition) is 4. The lowest BCUT2D eigenvalue weighted by Gasteiger charge is -2.27. The van der Waals surface area contributed by atoms with Gasteiger partial charge in [0.25, 0.3) is 0 Å². The third-order valence-corrected chi connectivity index (χ3v) is 5.85. The van der Waals surface area contributed by atoms with Crippen molar-refractivity contribution < 1.29 is 18.0 Å². The number of nitrogens with one attached hydrogen (secondary N) is 3. The molecular weight excluding hydrogens is 417 g/mol. The van der Waals surface area contributed by atoms with Gasteiger partial charge in [-0.05, 0) is 30.2 Å². The average molecular weight is 442 g/mol. The largest absolute Gasteiger partial charge is 0.395 e. The number of halogens is 3. The molecule has 8 heteroatoms. The molecule has 0 aromatic carbocycles. The number of aromatic nitrogens is 1. The van der Waals surface area contributed by atoms with Crippen LogP contribution in [0.25, 0.3) is 0 Å². The molecule has 3 N–H and O–H groups in total. The van der Waals surface area contributed by atoms with Gasteiger partial charge in [0, 0.05) is 30.8 Å². The first-order valence-electron chi connectivity index (χ1n) is 10.6. The first-order valence-corrected chi connectivity index (χ1v) is 10.6. The highest BCUT2D eigenvalue weighted by molar-refractivity contribution is 5.81. The van der Waals surface area contributed by atoms with Crippen molar-refractivity contribution in [1.29, 1.82) is 0 Å². The number of allylic oxidation sites excluding steroid dienone is 5. The number of hydrazine groups is 1. The Bertz CT molecular complexity index is 979. The summed E-state index contributed by atoms with van der Waals surface area (Å²) in [6, 6.07) is 5.51. The molecule has 0 saturated heterocycles. The number of hydrogen-bond donors (Lipinski definition) is 3. The maximum absolute atomic E-state index is 12.9. The summed E-state index contributed by atoms with van der Waals surface area (Å²) in [5.41, 5.74) is 8.59. The second kappa shape index (κ2) is 9.56. The Kier molecular flexibility index (Phi) is 6.60. The first-order chi connectivity index (χ1) is 15.4. The summed E-state index contributed by atoms with van der Waals surface area (Å²) in [5.74, 6) is -2.00. The molecule has 2 heterocycles. The highest BCUT2D eigenvalue weighted by Gasteiger charge is 2.38. The normalized spacial score (nSPS) is 27.0. The van der Waals surface area contributed by atoms with Crippen LogP contribution in [0, 0.1) is 17.8 Å². The van der Waals surface area contributed by atoms with Crippen molar-refractivity contribution in [3.8, 4) is 0 Å². The lowest BCUT2D eigenvalue weighted by molar-refractivity contribution is -0.160. The standard InChI is InChI=1S/C24H25F3N4O/c25-24(26,27)17-10-8-16(9-11-17)21-15-22(31-30-21)19-6-1-2-7-20(19)23(32)29-14-12-18-5-3-4-13-28-18/h1-10,13,15,17,19-20,22,30-31H,11-12,14H2,(H,29,32). The highest BCUT2D eigenvalue weighted by atomic mass is 19.4. The molecule has 32 heavy (non-hydrogen) atoms. The van der Waals surface area contributed by atoms with Crippen molar-refractivity contribution in [1.82, 2.24) is 21.2 Å². The molecule has 5 nitrogen and oxygen atoms in total. The first kappa shape index (κ1) is 22.1. The van der Waals surface area contributed by atoms with Crippen LogP contribution in [-0.2, 0) is 11.2 Å². The lowest BCUT2D eigenvalue weighted by atomic mass is 9.82. The van der Waals surface area contributed by atoms with Crippen molar-refractivity contribution in [3.63, 3.8) is 0 Å². The minimum absolute atomic E-state index is 0.0695. The van der Waals surface area contributed by atoms with Crippen LogP contribution < -0.4 is 16.2 Å². The van der Waals surface area contributed by atoms with E-state index in [1.807, 2.05) is 48.6 Å². The van der Waals surface area contributed by atoms with Crippen molar-refractivity contribution >= 4 is 5.91 Å². The van der Waals surface area contributed by atoms with E-state index in [9.17, 15) is 18.0 Å². The second-order valence-corrected chi connectivity index (χ2v) is 8.01. The fourth-order valence-corrected chi connectivity index (χ4v) is 4.07. The molecule has 1 amide bonds. The molecule has 0 saturated carbocycles. The molecule has 1 aromatic heterocycles. The van der Waals surface area contributed by atoms with Crippen LogP contribution in [0.1, 0.15) is 12.1 Å². The maximum Gasteiger partial charge on any atom is 0.395 e. The molecule has 1 aromatic rings. The van der Waals surface area contributed by atoms with Gasteiger partial charge in [0.1, 0.15) is 0 Å². The Morgan fingerprint density at radius 2 is 2.03 bits per heavy atom. The average Bonchev–Trinajstić information content (AvgIpc) is 3.29. The summed E-state index contributed by atoms with van der Waals surface area (Å²) >= 11 is 0. The third-order valence-electron chi connectivity index (χ3n) is 5.85. The topological polar surface area (TPSA) is 66.0 Å². The van der Waals surface area contributed by atoms with Crippen LogP contribution in [0.15, 0.2) is 84.3 Å². The SMILES string of the molecule is O=C(NCCc1ccccn1)C1C=CC=CC1C1C=C(C2=CCC(C(F)(F)F)C=C2)NN1. The van der Waals surface area contributed by atoms with Gasteiger partial charge in [-0.2, -0.15) is 13.2 Å². The number of alkyl halides is 3. The number of carbonyl (C=O) groups is 1. The summed E-state index contributed by atoms with van der Waals surface area (Å²) in [7, 11) is 0. The Balaban J connectivity index is 1.37. The van der Waals surface area contributed by atoms with E-state index < -0.39 is 12.1 Å². The Morgan fingerprint density at radius 1 is 1.19 bits per heavy atom. The van der Waals surface area contributed by atoms with Gasteiger partial charge >= 0.3 is 6.18 Å². The van der Waals surface area contributed by atoms with Crippen LogP contribution >= 0.6 is 0 Å². The number of nitrogens with zero attached hydrogens (tertiary/aromatic N) is 1. The van der Waals surface area contributed by atoms with Gasteiger partial charge in [-0.3, -0.25) is 9.78 Å². The van der Waals surface area contributed by atoms with Gasteiger partial charge in [-0.25, -0.2) is 5.43 Å². The van der Waals surface area contributed by atoms with E-state index in [1.165, 1.54) is 12.2 Å². The molecule has 2 aliphatic carbocycles. The monoisotopic (exact) mass is 442 g/mol.